The van der Waals surface area contributed by atoms with Crippen LogP contribution in [0.1, 0.15) is 32.3 Å². The van der Waals surface area contributed by atoms with Gasteiger partial charge in [0, 0.05) is 5.56 Å². The number of carboxylic acids is 1. The lowest BCUT2D eigenvalue weighted by molar-refractivity contribution is -0.135. The predicted molar refractivity (Wildman–Crippen MR) is 68.1 cm³/mol. The number of carbonyl (C=O) groups is 1. The summed E-state index contributed by atoms with van der Waals surface area (Å²) in [6.07, 6.45) is 2.32. The van der Waals surface area contributed by atoms with Crippen molar-refractivity contribution in [3.8, 4) is 5.75 Å². The predicted octanol–water partition coefficient (Wildman–Crippen LogP) is 3.49. The van der Waals surface area contributed by atoms with Crippen LogP contribution >= 0.6 is 0 Å². The van der Waals surface area contributed by atoms with Crippen molar-refractivity contribution in [2.45, 2.75) is 26.7 Å². The molecule has 0 saturated heterocycles. The number of ether oxygens (including phenoxy) is 1. The minimum atomic E-state index is -0.915. The monoisotopic (exact) mass is 252 g/mol. The van der Waals surface area contributed by atoms with E-state index < -0.39 is 5.97 Å². The van der Waals surface area contributed by atoms with E-state index in [1.165, 1.54) is 12.1 Å². The van der Waals surface area contributed by atoms with Crippen LogP contribution in [-0.4, -0.2) is 17.7 Å². The Bertz CT molecular complexity index is 452. The Morgan fingerprint density at radius 1 is 1.50 bits per heavy atom. The fraction of sp³-hybridized carbons (Fsp3) is 0.357. The Hall–Kier alpha value is -1.84. The summed E-state index contributed by atoms with van der Waals surface area (Å²) in [5.41, 5.74) is 1.30. The Morgan fingerprint density at radius 2 is 2.22 bits per heavy atom. The maximum absolute atomic E-state index is 13.2. The molecule has 0 saturated carbocycles. The molecule has 0 aliphatic carbocycles. The van der Waals surface area contributed by atoms with E-state index in [0.29, 0.717) is 23.5 Å². The lowest BCUT2D eigenvalue weighted by Gasteiger charge is -2.11. The van der Waals surface area contributed by atoms with Crippen molar-refractivity contribution in [2.75, 3.05) is 6.61 Å². The van der Waals surface area contributed by atoms with Gasteiger partial charge < -0.3 is 9.84 Å². The number of halogens is 1. The number of benzene rings is 1. The number of carboxylic acid groups (broad SMARTS) is 1. The minimum absolute atomic E-state index is 0.0877. The summed E-state index contributed by atoms with van der Waals surface area (Å²) in [7, 11) is 0. The third-order valence-corrected chi connectivity index (χ3v) is 2.41. The number of hydrogen-bond acceptors (Lipinski definition) is 2. The Balaban J connectivity index is 3.00. The van der Waals surface area contributed by atoms with Gasteiger partial charge in [-0.1, -0.05) is 13.0 Å². The van der Waals surface area contributed by atoms with E-state index in [1.54, 1.807) is 19.1 Å². The van der Waals surface area contributed by atoms with Gasteiger partial charge in [-0.2, -0.15) is 0 Å². The first-order valence-electron chi connectivity index (χ1n) is 5.86. The highest BCUT2D eigenvalue weighted by Crippen LogP contribution is 2.27. The molecule has 0 amide bonds. The zero-order valence-corrected chi connectivity index (χ0v) is 10.6. The Kier molecular flexibility index (Phi) is 5.36. The largest absolute Gasteiger partial charge is 0.493 e. The summed E-state index contributed by atoms with van der Waals surface area (Å²) in [5, 5.41) is 8.62. The number of rotatable bonds is 6. The highest BCUT2D eigenvalue weighted by Gasteiger charge is 2.07. The maximum Gasteiger partial charge on any atom is 0.307 e. The van der Waals surface area contributed by atoms with E-state index in [4.69, 9.17) is 9.84 Å². The molecule has 4 heteroatoms. The molecule has 0 bridgehead atoms. The molecule has 3 nitrogen and oxygen atoms in total. The molecule has 0 aliphatic rings. The topological polar surface area (TPSA) is 46.5 Å². The highest BCUT2D eigenvalue weighted by molar-refractivity contribution is 5.75. The molecule has 0 radical (unpaired) electrons. The standard InChI is InChI=1S/C14H17FO3/c1-3-8-18-13-6-5-11(15)9-12(13)10(2)4-7-14(16)17/h4-6,9H,3,7-8H2,1-2H3,(H,16,17)/b10-4+. The van der Waals surface area contributed by atoms with Crippen LogP contribution in [0, 0.1) is 5.82 Å². The molecule has 98 valence electrons. The molecule has 0 heterocycles. The maximum atomic E-state index is 13.2. The molecule has 1 rings (SSSR count). The van der Waals surface area contributed by atoms with Crippen molar-refractivity contribution >= 4 is 11.5 Å². The quantitative estimate of drug-likeness (QED) is 0.843. The third kappa shape index (κ3) is 4.20. The van der Waals surface area contributed by atoms with Crippen LogP contribution in [0.5, 0.6) is 5.75 Å². The molecule has 0 atom stereocenters. The molecule has 0 fully saturated rings. The van der Waals surface area contributed by atoms with Crippen molar-refractivity contribution in [1.82, 2.24) is 0 Å². The first-order valence-corrected chi connectivity index (χ1v) is 5.86. The summed E-state index contributed by atoms with van der Waals surface area (Å²) in [5.74, 6) is -0.698. The first-order chi connectivity index (χ1) is 8.54. The van der Waals surface area contributed by atoms with Crippen molar-refractivity contribution in [3.05, 3.63) is 35.7 Å². The SMILES string of the molecule is CCCOc1ccc(F)cc1/C(C)=C/CC(=O)O. The summed E-state index contributed by atoms with van der Waals surface area (Å²) < 4.78 is 18.7. The molecule has 0 aromatic heterocycles. The summed E-state index contributed by atoms with van der Waals surface area (Å²) in [6.45, 7) is 4.28. The molecule has 0 unspecified atom stereocenters. The molecule has 18 heavy (non-hydrogen) atoms. The van der Waals surface area contributed by atoms with Gasteiger partial charge in [0.05, 0.1) is 13.0 Å². The van der Waals surface area contributed by atoms with Gasteiger partial charge in [0.15, 0.2) is 0 Å². The van der Waals surface area contributed by atoms with Gasteiger partial charge in [-0.15, -0.1) is 0 Å². The van der Waals surface area contributed by atoms with Gasteiger partial charge in [-0.25, -0.2) is 4.39 Å². The van der Waals surface area contributed by atoms with E-state index >= 15 is 0 Å². The number of allylic oxidation sites excluding steroid dienone is 1. The summed E-state index contributed by atoms with van der Waals surface area (Å²) >= 11 is 0. The Labute approximate surface area is 106 Å². The normalized spacial score (nSPS) is 11.4. The molecule has 0 spiro atoms. The lowest BCUT2D eigenvalue weighted by atomic mass is 10.0. The minimum Gasteiger partial charge on any atom is -0.493 e. The molecule has 0 aliphatic heterocycles. The highest BCUT2D eigenvalue weighted by atomic mass is 19.1. The van der Waals surface area contributed by atoms with Crippen LogP contribution < -0.4 is 4.74 Å². The second-order valence-corrected chi connectivity index (χ2v) is 3.97. The number of aliphatic carboxylic acids is 1. The van der Waals surface area contributed by atoms with Gasteiger partial charge in [-0.3, -0.25) is 4.79 Å². The van der Waals surface area contributed by atoms with E-state index in [-0.39, 0.29) is 12.2 Å². The van der Waals surface area contributed by atoms with E-state index in [9.17, 15) is 9.18 Å². The Morgan fingerprint density at radius 3 is 2.83 bits per heavy atom. The zero-order valence-electron chi connectivity index (χ0n) is 10.6. The van der Waals surface area contributed by atoms with Crippen LogP contribution in [0.4, 0.5) is 4.39 Å². The zero-order chi connectivity index (χ0) is 13.5. The third-order valence-electron chi connectivity index (χ3n) is 2.41. The average molecular weight is 252 g/mol. The van der Waals surface area contributed by atoms with E-state index in [1.807, 2.05) is 6.92 Å². The van der Waals surface area contributed by atoms with Crippen molar-refractivity contribution in [3.63, 3.8) is 0 Å². The van der Waals surface area contributed by atoms with Crippen LogP contribution in [0.2, 0.25) is 0 Å². The number of hydrogen-bond donors (Lipinski definition) is 1. The van der Waals surface area contributed by atoms with Gasteiger partial charge in [-0.05, 0) is 37.1 Å². The second-order valence-electron chi connectivity index (χ2n) is 3.97. The smallest absolute Gasteiger partial charge is 0.307 e. The fourth-order valence-electron chi connectivity index (χ4n) is 1.50. The summed E-state index contributed by atoms with van der Waals surface area (Å²) in [4.78, 5) is 10.5. The van der Waals surface area contributed by atoms with Crippen molar-refractivity contribution in [2.24, 2.45) is 0 Å². The van der Waals surface area contributed by atoms with Crippen molar-refractivity contribution in [1.29, 1.82) is 0 Å². The fourth-order valence-corrected chi connectivity index (χ4v) is 1.50. The summed E-state index contributed by atoms with van der Waals surface area (Å²) in [6, 6.07) is 4.26. The lowest BCUT2D eigenvalue weighted by Crippen LogP contribution is -1.99. The van der Waals surface area contributed by atoms with Gasteiger partial charge in [0.1, 0.15) is 11.6 Å². The average Bonchev–Trinajstić information content (AvgIpc) is 2.34. The van der Waals surface area contributed by atoms with E-state index in [0.717, 1.165) is 6.42 Å². The van der Waals surface area contributed by atoms with Crippen LogP contribution in [0.25, 0.3) is 5.57 Å². The molecule has 1 aromatic rings. The second kappa shape index (κ2) is 6.79. The van der Waals surface area contributed by atoms with Crippen LogP contribution in [-0.2, 0) is 4.79 Å². The molecule has 1 aromatic carbocycles. The molecule has 1 N–H and O–H groups in total. The van der Waals surface area contributed by atoms with Crippen molar-refractivity contribution < 1.29 is 19.0 Å². The van der Waals surface area contributed by atoms with Gasteiger partial charge in [0.2, 0.25) is 0 Å². The van der Waals surface area contributed by atoms with E-state index in [2.05, 4.69) is 0 Å². The van der Waals surface area contributed by atoms with Gasteiger partial charge >= 0.3 is 5.97 Å². The molecular weight excluding hydrogens is 235 g/mol. The molecular formula is C14H17FO3. The van der Waals surface area contributed by atoms with Crippen LogP contribution in [0.3, 0.4) is 0 Å². The first kappa shape index (κ1) is 14.2. The van der Waals surface area contributed by atoms with Crippen LogP contribution in [0.15, 0.2) is 24.3 Å². The van der Waals surface area contributed by atoms with Gasteiger partial charge in [0.25, 0.3) is 0 Å².